The van der Waals surface area contributed by atoms with E-state index >= 15 is 0 Å². The predicted octanol–water partition coefficient (Wildman–Crippen LogP) is 3.39. The van der Waals surface area contributed by atoms with Crippen LogP contribution in [0.4, 0.5) is 8.78 Å². The van der Waals surface area contributed by atoms with Crippen LogP contribution in [0.1, 0.15) is 18.9 Å². The molecule has 1 heterocycles. The Kier molecular flexibility index (Phi) is 2.71. The number of aryl methyl sites for hydroxylation is 1. The van der Waals surface area contributed by atoms with Crippen LogP contribution in [0.3, 0.4) is 0 Å². The first-order valence-corrected chi connectivity index (χ1v) is 4.92. The van der Waals surface area contributed by atoms with E-state index in [0.717, 1.165) is 12.0 Å². The fourth-order valence-electron chi connectivity index (χ4n) is 1.75. The number of rotatable bonds is 1. The Bertz CT molecular complexity index is 399. The molecule has 0 bridgehead atoms. The summed E-state index contributed by atoms with van der Waals surface area (Å²) in [4.78, 5) is 0. The Balaban J connectivity index is 2.24. The maximum absolute atomic E-state index is 12.9. The van der Waals surface area contributed by atoms with E-state index in [1.807, 2.05) is 0 Å². The lowest BCUT2D eigenvalue weighted by Crippen LogP contribution is -2.23. The van der Waals surface area contributed by atoms with Gasteiger partial charge in [-0.15, -0.1) is 0 Å². The topological polar surface area (TPSA) is 9.23 Å². The molecule has 15 heavy (non-hydrogen) atoms. The molecule has 3 heteroatoms. The van der Waals surface area contributed by atoms with Gasteiger partial charge in [-0.1, -0.05) is 0 Å². The van der Waals surface area contributed by atoms with Gasteiger partial charge >= 0.3 is 0 Å². The third-order valence-electron chi connectivity index (χ3n) is 2.65. The van der Waals surface area contributed by atoms with Gasteiger partial charge in [-0.2, -0.15) is 0 Å². The number of hydrogen-bond donors (Lipinski definition) is 0. The van der Waals surface area contributed by atoms with Crippen molar-refractivity contribution in [1.29, 1.82) is 0 Å². The molecule has 1 unspecified atom stereocenters. The van der Waals surface area contributed by atoms with Gasteiger partial charge in [0.1, 0.15) is 17.7 Å². The summed E-state index contributed by atoms with van der Waals surface area (Å²) >= 11 is 0. The Morgan fingerprint density at radius 2 is 2.33 bits per heavy atom. The summed E-state index contributed by atoms with van der Waals surface area (Å²) in [5.74, 6) is 0.405. The van der Waals surface area contributed by atoms with Gasteiger partial charge in [-0.25, -0.2) is 8.78 Å². The average Bonchev–Trinajstić information content (AvgIpc) is 2.27. The average molecular weight is 210 g/mol. The van der Waals surface area contributed by atoms with Crippen LogP contribution in [-0.4, -0.2) is 6.10 Å². The highest BCUT2D eigenvalue weighted by atomic mass is 19.1. The van der Waals surface area contributed by atoms with Crippen LogP contribution in [-0.2, 0) is 6.42 Å². The summed E-state index contributed by atoms with van der Waals surface area (Å²) in [5, 5.41) is 0. The van der Waals surface area contributed by atoms with Gasteiger partial charge in [0.25, 0.3) is 0 Å². The van der Waals surface area contributed by atoms with Crippen LogP contribution in [0, 0.1) is 5.82 Å². The summed E-state index contributed by atoms with van der Waals surface area (Å²) in [5.41, 5.74) is 1.43. The molecule has 0 amide bonds. The quantitative estimate of drug-likeness (QED) is 0.690. The van der Waals surface area contributed by atoms with Crippen LogP contribution in [0.2, 0.25) is 0 Å². The van der Waals surface area contributed by atoms with Crippen LogP contribution in [0.5, 0.6) is 5.75 Å². The van der Waals surface area contributed by atoms with Crippen LogP contribution in [0.25, 0.3) is 0 Å². The second-order valence-corrected chi connectivity index (χ2v) is 3.75. The van der Waals surface area contributed by atoms with E-state index in [0.29, 0.717) is 24.1 Å². The monoisotopic (exact) mass is 210 g/mol. The van der Waals surface area contributed by atoms with E-state index < -0.39 is 0 Å². The molecule has 0 saturated heterocycles. The van der Waals surface area contributed by atoms with Crippen molar-refractivity contribution in [2.45, 2.75) is 25.9 Å². The van der Waals surface area contributed by atoms with Crippen molar-refractivity contribution < 1.29 is 13.5 Å². The van der Waals surface area contributed by atoms with Gasteiger partial charge in [0.15, 0.2) is 0 Å². The predicted molar refractivity (Wildman–Crippen MR) is 54.0 cm³/mol. The van der Waals surface area contributed by atoms with E-state index in [1.54, 1.807) is 13.0 Å². The lowest BCUT2D eigenvalue weighted by atomic mass is 9.99. The lowest BCUT2D eigenvalue weighted by Gasteiger charge is -2.26. The van der Waals surface area contributed by atoms with Crippen molar-refractivity contribution in [2.24, 2.45) is 0 Å². The number of ether oxygens (including phenoxy) is 1. The van der Waals surface area contributed by atoms with E-state index in [2.05, 4.69) is 0 Å². The third-order valence-corrected chi connectivity index (χ3v) is 2.65. The maximum atomic E-state index is 12.9. The third kappa shape index (κ3) is 2.01. The summed E-state index contributed by atoms with van der Waals surface area (Å²) in [6, 6.07) is 4.43. The van der Waals surface area contributed by atoms with Crippen LogP contribution < -0.4 is 4.74 Å². The van der Waals surface area contributed by atoms with Crippen molar-refractivity contribution in [1.82, 2.24) is 0 Å². The molecule has 1 aromatic rings. The molecular formula is C12H12F2O. The molecule has 0 aliphatic carbocycles. The van der Waals surface area contributed by atoms with Gasteiger partial charge in [0.05, 0.1) is 6.33 Å². The molecular weight excluding hydrogens is 198 g/mol. The molecule has 80 valence electrons. The van der Waals surface area contributed by atoms with Crippen LogP contribution >= 0.6 is 0 Å². The molecule has 0 N–H and O–H groups in total. The molecule has 1 nitrogen and oxygen atoms in total. The van der Waals surface area contributed by atoms with E-state index in [-0.39, 0.29) is 11.9 Å². The highest BCUT2D eigenvalue weighted by Gasteiger charge is 2.21. The molecule has 0 radical (unpaired) electrons. The largest absolute Gasteiger partial charge is 0.486 e. The number of fused-ring (bicyclic) bond motifs is 1. The van der Waals surface area contributed by atoms with Crippen molar-refractivity contribution in [3.63, 3.8) is 0 Å². The molecule has 2 rings (SSSR count). The number of halogens is 2. The van der Waals surface area contributed by atoms with Crippen LogP contribution in [0.15, 0.2) is 30.1 Å². The second kappa shape index (κ2) is 4.01. The summed E-state index contributed by atoms with van der Waals surface area (Å²) in [6.45, 7) is 1.69. The molecule has 1 aromatic carbocycles. The first-order chi connectivity index (χ1) is 7.20. The highest BCUT2D eigenvalue weighted by Crippen LogP contribution is 2.30. The standard InChI is InChI=1S/C12H12F2O/c1-8(7-13)11-4-2-9-6-10(14)3-5-12(9)15-11/h3,5-7,11H,2,4H2,1H3/b8-7+. The first-order valence-electron chi connectivity index (χ1n) is 4.92. The Morgan fingerprint density at radius 1 is 1.53 bits per heavy atom. The van der Waals surface area contributed by atoms with E-state index in [9.17, 15) is 8.78 Å². The lowest BCUT2D eigenvalue weighted by molar-refractivity contribution is 0.205. The molecule has 1 aliphatic rings. The summed E-state index contributed by atoms with van der Waals surface area (Å²) < 4.78 is 30.8. The normalized spacial score (nSPS) is 20.7. The molecule has 1 aliphatic heterocycles. The molecule has 0 spiro atoms. The fraction of sp³-hybridized carbons (Fsp3) is 0.333. The van der Waals surface area contributed by atoms with Crippen molar-refractivity contribution >= 4 is 0 Å². The van der Waals surface area contributed by atoms with Gasteiger partial charge < -0.3 is 4.74 Å². The zero-order valence-electron chi connectivity index (χ0n) is 8.47. The van der Waals surface area contributed by atoms with Gasteiger partial charge in [0.2, 0.25) is 0 Å². The van der Waals surface area contributed by atoms with Gasteiger partial charge in [0, 0.05) is 0 Å². The molecule has 1 atom stereocenters. The SMILES string of the molecule is C/C(=C\F)C1CCc2cc(F)ccc2O1. The number of hydrogen-bond acceptors (Lipinski definition) is 1. The van der Waals surface area contributed by atoms with Gasteiger partial charge in [-0.05, 0) is 49.1 Å². The fourth-order valence-corrected chi connectivity index (χ4v) is 1.75. The minimum absolute atomic E-state index is 0.215. The smallest absolute Gasteiger partial charge is 0.123 e. The van der Waals surface area contributed by atoms with Gasteiger partial charge in [-0.3, -0.25) is 0 Å². The van der Waals surface area contributed by atoms with Crippen molar-refractivity contribution in [3.8, 4) is 5.75 Å². The Labute approximate surface area is 87.4 Å². The van der Waals surface area contributed by atoms with Crippen molar-refractivity contribution in [2.75, 3.05) is 0 Å². The second-order valence-electron chi connectivity index (χ2n) is 3.75. The minimum atomic E-state index is -0.256. The Morgan fingerprint density at radius 3 is 3.07 bits per heavy atom. The number of benzene rings is 1. The summed E-state index contributed by atoms with van der Waals surface area (Å²) in [6.07, 6.45) is 1.78. The van der Waals surface area contributed by atoms with E-state index in [4.69, 9.17) is 4.74 Å². The minimum Gasteiger partial charge on any atom is -0.486 e. The molecule has 0 aromatic heterocycles. The zero-order valence-corrected chi connectivity index (χ0v) is 8.47. The summed E-state index contributed by atoms with van der Waals surface area (Å²) in [7, 11) is 0. The molecule has 0 saturated carbocycles. The Hall–Kier alpha value is -1.38. The highest BCUT2D eigenvalue weighted by molar-refractivity contribution is 5.36. The van der Waals surface area contributed by atoms with E-state index in [1.165, 1.54) is 12.1 Å². The zero-order chi connectivity index (χ0) is 10.8. The molecule has 0 fully saturated rings. The first kappa shape index (κ1) is 10.1. The van der Waals surface area contributed by atoms with Crippen molar-refractivity contribution in [3.05, 3.63) is 41.5 Å². The maximum Gasteiger partial charge on any atom is 0.123 e.